The number of hydrogen-bond donors (Lipinski definition) is 0. The first-order valence-electron chi connectivity index (χ1n) is 25.1. The molecule has 0 saturated carbocycles. The average Bonchev–Trinajstić information content (AvgIpc) is 3.97. The van der Waals surface area contributed by atoms with E-state index in [9.17, 15) is 0 Å². The van der Waals surface area contributed by atoms with E-state index in [-0.39, 0.29) is 32.0 Å². The van der Waals surface area contributed by atoms with Gasteiger partial charge in [-0.25, -0.2) is 4.98 Å². The molecule has 5 nitrogen and oxygen atoms in total. The van der Waals surface area contributed by atoms with Crippen molar-refractivity contribution in [1.82, 2.24) is 9.55 Å². The fourth-order valence-electron chi connectivity index (χ4n) is 9.72. The van der Waals surface area contributed by atoms with E-state index >= 15 is 0 Å². The Morgan fingerprint density at radius 3 is 1.76 bits per heavy atom. The van der Waals surface area contributed by atoms with Crippen molar-refractivity contribution in [2.75, 3.05) is 9.80 Å². The molecule has 12 rings (SSSR count). The molecular weight excluding hydrogens is 1050 g/mol. The summed E-state index contributed by atoms with van der Waals surface area (Å²) >= 11 is 0. The number of rotatable bonds is 9. The Hall–Kier alpha value is -7.98. The van der Waals surface area contributed by atoms with Gasteiger partial charge in [-0.15, -0.1) is 48.1 Å². The molecule has 1 aliphatic rings. The van der Waals surface area contributed by atoms with Crippen LogP contribution in [-0.2, 0) is 26.5 Å². The van der Waals surface area contributed by atoms with Gasteiger partial charge in [0.15, 0.2) is 0 Å². The Balaban J connectivity index is 0.00000588. The van der Waals surface area contributed by atoms with E-state index in [2.05, 4.69) is 189 Å². The van der Waals surface area contributed by atoms with Crippen molar-refractivity contribution < 1.29 is 29.9 Å². The van der Waals surface area contributed by atoms with Crippen LogP contribution in [0.1, 0.15) is 36.0 Å². The summed E-state index contributed by atoms with van der Waals surface area (Å²) in [5.74, 6) is 1.44. The summed E-state index contributed by atoms with van der Waals surface area (Å²) in [4.78, 5) is 9.42. The Morgan fingerprint density at radius 2 is 1.11 bits per heavy atom. The van der Waals surface area contributed by atoms with Crippen molar-refractivity contribution >= 4 is 44.6 Å². The van der Waals surface area contributed by atoms with Gasteiger partial charge in [-0.3, -0.25) is 0 Å². The van der Waals surface area contributed by atoms with Crippen LogP contribution < -0.4 is 14.5 Å². The summed E-state index contributed by atoms with van der Waals surface area (Å²) < 4.78 is 34.7. The second-order valence-corrected chi connectivity index (χ2v) is 18.7. The Bertz CT molecular complexity index is 3780. The standard InChI is InChI=1S/C65H49N4O.Pt/c1-44-38-63(66-42-58(44)48-22-12-7-13-23-48)69-59-37-32-49(45-30-33-50(34-31-45)65(2,3)4)39-57(59)56-36-35-53(41-62(56)69)70-52-25-16-24-51(40-52)67-43-68(61-29-15-14-28-60(61)67)64-54(46-18-8-5-9-19-46)26-17-27-55(64)47-20-10-6-11-21-47;/h5-39,42-43H,1-4H3;/q-3;/i1D3;. The summed E-state index contributed by atoms with van der Waals surface area (Å²) in [6.07, 6.45) is 1.67. The maximum atomic E-state index is 8.67. The molecule has 6 heteroatoms. The molecule has 0 unspecified atom stereocenters. The fourth-order valence-corrected chi connectivity index (χ4v) is 9.72. The quantitative estimate of drug-likeness (QED) is 0.135. The van der Waals surface area contributed by atoms with E-state index in [1.807, 2.05) is 71.3 Å². The van der Waals surface area contributed by atoms with Gasteiger partial charge in [0.25, 0.3) is 0 Å². The molecule has 0 amide bonds. The van der Waals surface area contributed by atoms with Gasteiger partial charge < -0.3 is 19.1 Å². The number of pyridine rings is 1. The first-order valence-corrected chi connectivity index (χ1v) is 23.6. The second kappa shape index (κ2) is 18.7. The molecule has 9 aromatic carbocycles. The molecule has 0 atom stereocenters. The van der Waals surface area contributed by atoms with Crippen LogP contribution in [0.4, 0.5) is 22.7 Å². The molecular formula is C65H49N4OPt-3. The van der Waals surface area contributed by atoms with E-state index in [0.29, 0.717) is 28.4 Å². The molecule has 0 N–H and O–H groups in total. The number of nitrogens with zero attached hydrogens (tertiary/aromatic N) is 4. The topological polar surface area (TPSA) is 33.5 Å². The number of benzene rings is 9. The number of ether oxygens (including phenoxy) is 1. The van der Waals surface area contributed by atoms with E-state index in [4.69, 9.17) is 13.8 Å². The molecule has 0 bridgehead atoms. The Labute approximate surface area is 434 Å². The first kappa shape index (κ1) is 41.9. The fraction of sp³-hybridized carbons (Fsp3) is 0.0769. The molecule has 0 radical (unpaired) electrons. The van der Waals surface area contributed by atoms with Crippen LogP contribution in [0.15, 0.2) is 219 Å². The van der Waals surface area contributed by atoms with Crippen LogP contribution in [0.5, 0.6) is 11.5 Å². The third-order valence-corrected chi connectivity index (χ3v) is 13.2. The zero-order valence-electron chi connectivity index (χ0n) is 42.4. The van der Waals surface area contributed by atoms with Crippen molar-refractivity contribution in [3.05, 3.63) is 248 Å². The monoisotopic (exact) mass is 1100 g/mol. The average molecular weight is 1100 g/mol. The summed E-state index contributed by atoms with van der Waals surface area (Å²) in [6, 6.07) is 79.5. The molecule has 2 aromatic heterocycles. The van der Waals surface area contributed by atoms with Crippen molar-refractivity contribution in [3.63, 3.8) is 0 Å². The number of aromatic nitrogens is 2. The summed E-state index contributed by atoms with van der Waals surface area (Å²) in [5.41, 5.74) is 15.0. The second-order valence-electron chi connectivity index (χ2n) is 18.7. The van der Waals surface area contributed by atoms with Crippen LogP contribution >= 0.6 is 0 Å². The number of para-hydroxylation sites is 3. The zero-order chi connectivity index (χ0) is 49.8. The molecule has 11 aromatic rings. The molecule has 348 valence electrons. The van der Waals surface area contributed by atoms with Crippen LogP contribution in [0.3, 0.4) is 0 Å². The molecule has 71 heavy (non-hydrogen) atoms. The van der Waals surface area contributed by atoms with Gasteiger partial charge in [-0.2, -0.15) is 12.1 Å². The van der Waals surface area contributed by atoms with E-state index < -0.39 is 6.85 Å². The number of fused-ring (bicyclic) bond motifs is 4. The van der Waals surface area contributed by atoms with Crippen molar-refractivity contribution in [3.8, 4) is 61.8 Å². The van der Waals surface area contributed by atoms with Crippen molar-refractivity contribution in [1.29, 1.82) is 0 Å². The van der Waals surface area contributed by atoms with Crippen LogP contribution in [0, 0.1) is 25.7 Å². The summed E-state index contributed by atoms with van der Waals surface area (Å²) in [6.45, 7) is 6.39. The third-order valence-electron chi connectivity index (χ3n) is 13.2. The van der Waals surface area contributed by atoms with Gasteiger partial charge in [0, 0.05) is 82.1 Å². The van der Waals surface area contributed by atoms with Crippen molar-refractivity contribution in [2.24, 2.45) is 0 Å². The Morgan fingerprint density at radius 1 is 0.521 bits per heavy atom. The van der Waals surface area contributed by atoms with E-state index in [0.717, 1.165) is 78.0 Å². The van der Waals surface area contributed by atoms with Gasteiger partial charge in [-0.1, -0.05) is 184 Å². The maximum Gasteiger partial charge on any atom is 0.135 e. The Kier molecular flexibility index (Phi) is 11.1. The number of anilines is 4. The SMILES string of the molecule is [2H]C([2H])([2H])c1cc(-n2c3[c-]c(Oc4[c-]c(N5[CH-]N(c6c(-c7ccccc7)cccc6-c6ccccc6)c6ccccc65)ccc4)ccc3c3cc(-c4ccc(C(C)(C)C)cc4)ccc32)ncc1-c1ccccc1.[Pt]. The van der Waals surface area contributed by atoms with Gasteiger partial charge >= 0.3 is 0 Å². The van der Waals surface area contributed by atoms with Crippen molar-refractivity contribution in [2.45, 2.75) is 33.0 Å². The number of aryl methyl sites for hydroxylation is 1. The van der Waals surface area contributed by atoms with Crippen LogP contribution in [0.2, 0.25) is 0 Å². The minimum atomic E-state index is -2.41. The summed E-state index contributed by atoms with van der Waals surface area (Å²) in [7, 11) is 0. The smallest absolute Gasteiger partial charge is 0.135 e. The number of hydrogen-bond acceptors (Lipinski definition) is 4. The van der Waals surface area contributed by atoms with E-state index in [1.165, 1.54) is 5.56 Å². The minimum Gasteiger partial charge on any atom is -0.509 e. The first-order chi connectivity index (χ1) is 35.5. The largest absolute Gasteiger partial charge is 0.509 e. The van der Waals surface area contributed by atoms with Gasteiger partial charge in [0.2, 0.25) is 0 Å². The van der Waals surface area contributed by atoms with Crippen LogP contribution in [0.25, 0.3) is 72.1 Å². The molecule has 0 fully saturated rings. The predicted molar refractivity (Wildman–Crippen MR) is 289 cm³/mol. The molecule has 3 heterocycles. The van der Waals surface area contributed by atoms with E-state index in [1.54, 1.807) is 12.3 Å². The molecule has 0 spiro atoms. The summed E-state index contributed by atoms with van der Waals surface area (Å²) in [5, 5.41) is 1.90. The molecule has 0 saturated heterocycles. The normalized spacial score (nSPS) is 13.1. The molecule has 0 aliphatic carbocycles. The zero-order valence-corrected chi connectivity index (χ0v) is 41.6. The van der Waals surface area contributed by atoms with Gasteiger partial charge in [-0.05, 0) is 80.9 Å². The maximum absolute atomic E-state index is 8.67. The minimum absolute atomic E-state index is 0. The third kappa shape index (κ3) is 8.51. The van der Waals surface area contributed by atoms with Gasteiger partial charge in [0.05, 0.1) is 0 Å². The molecule has 1 aliphatic heterocycles. The predicted octanol–water partition coefficient (Wildman–Crippen LogP) is 17.3. The van der Waals surface area contributed by atoms with Gasteiger partial charge in [0.1, 0.15) is 5.82 Å². The van der Waals surface area contributed by atoms with Crippen LogP contribution in [-0.4, -0.2) is 9.55 Å².